The zero-order valence-corrected chi connectivity index (χ0v) is 11.6. The van der Waals surface area contributed by atoms with Crippen molar-refractivity contribution in [2.24, 2.45) is 0 Å². The Hall–Kier alpha value is -3.08. The normalized spacial score (nSPS) is 17.0. The van der Waals surface area contributed by atoms with Crippen LogP contribution >= 0.6 is 0 Å². The second-order valence-corrected chi connectivity index (χ2v) is 4.90. The van der Waals surface area contributed by atoms with Gasteiger partial charge in [0.1, 0.15) is 11.5 Å². The molecule has 5 nitrogen and oxygen atoms in total. The van der Waals surface area contributed by atoms with Gasteiger partial charge in [0.15, 0.2) is 0 Å². The molecule has 0 atom stereocenters. The average molecular weight is 295 g/mol. The lowest BCUT2D eigenvalue weighted by Crippen LogP contribution is -2.26. The molecule has 0 bridgehead atoms. The third kappa shape index (κ3) is 2.22. The zero-order valence-electron chi connectivity index (χ0n) is 11.6. The van der Waals surface area contributed by atoms with Gasteiger partial charge in [-0.05, 0) is 12.1 Å². The lowest BCUT2D eigenvalue weighted by molar-refractivity contribution is -0.132. The number of aliphatic hydroxyl groups is 1. The van der Waals surface area contributed by atoms with Crippen LogP contribution in [0.1, 0.15) is 5.56 Å². The van der Waals surface area contributed by atoms with Gasteiger partial charge < -0.3 is 10.2 Å². The van der Waals surface area contributed by atoms with Crippen LogP contribution in [0.2, 0.25) is 0 Å². The summed E-state index contributed by atoms with van der Waals surface area (Å²) in [6.45, 7) is -0.0734. The van der Waals surface area contributed by atoms with E-state index < -0.39 is 11.7 Å². The Morgan fingerprint density at radius 1 is 0.955 bits per heavy atom. The summed E-state index contributed by atoms with van der Waals surface area (Å²) in [5, 5.41) is 20.1. The number of nitrogens with zero attached hydrogens (tertiary/aromatic N) is 1. The summed E-state index contributed by atoms with van der Waals surface area (Å²) in [4.78, 5) is 25.4. The van der Waals surface area contributed by atoms with E-state index in [2.05, 4.69) is 0 Å². The van der Waals surface area contributed by atoms with Crippen molar-refractivity contribution >= 4 is 23.1 Å². The highest BCUT2D eigenvalue weighted by molar-refractivity contribution is 6.51. The van der Waals surface area contributed by atoms with Crippen molar-refractivity contribution in [3.8, 4) is 5.75 Å². The summed E-state index contributed by atoms with van der Waals surface area (Å²) < 4.78 is 0. The topological polar surface area (TPSA) is 77.8 Å². The molecule has 0 unspecified atom stereocenters. The predicted molar refractivity (Wildman–Crippen MR) is 81.5 cm³/mol. The summed E-state index contributed by atoms with van der Waals surface area (Å²) >= 11 is 0. The largest absolute Gasteiger partial charge is 0.507 e. The van der Waals surface area contributed by atoms with E-state index in [4.69, 9.17) is 0 Å². The van der Waals surface area contributed by atoms with Gasteiger partial charge in [0.2, 0.25) is 0 Å². The average Bonchev–Trinajstić information content (AvgIpc) is 2.84. The number of ketones is 1. The summed E-state index contributed by atoms with van der Waals surface area (Å²) in [6, 6.07) is 14.8. The molecule has 1 heterocycles. The first kappa shape index (κ1) is 13.9. The van der Waals surface area contributed by atoms with Crippen LogP contribution in [0.5, 0.6) is 5.75 Å². The molecule has 5 heteroatoms. The Bertz CT molecular complexity index is 780. The maximum atomic E-state index is 12.1. The minimum atomic E-state index is -0.765. The molecule has 1 amide bonds. The van der Waals surface area contributed by atoms with Gasteiger partial charge in [-0.15, -0.1) is 0 Å². The molecule has 0 radical (unpaired) electrons. The maximum Gasteiger partial charge on any atom is 0.299 e. The standard InChI is InChI=1S/C17H13NO4/c19-14-9-5-4-8-13(14)18-10-12(16(21)17(18)22)15(20)11-6-2-1-3-7-11/h1-9,19-20H,10H2. The van der Waals surface area contributed by atoms with E-state index in [1.807, 2.05) is 0 Å². The van der Waals surface area contributed by atoms with Crippen LogP contribution in [0.25, 0.3) is 5.76 Å². The molecule has 3 rings (SSSR count). The summed E-state index contributed by atoms with van der Waals surface area (Å²) in [6.07, 6.45) is 0. The molecule has 0 spiro atoms. The van der Waals surface area contributed by atoms with Crippen LogP contribution in [-0.2, 0) is 9.59 Å². The van der Waals surface area contributed by atoms with Gasteiger partial charge in [0, 0.05) is 5.56 Å². The second kappa shape index (κ2) is 5.37. The molecular weight excluding hydrogens is 282 g/mol. The molecule has 110 valence electrons. The predicted octanol–water partition coefficient (Wildman–Crippen LogP) is 2.28. The Balaban J connectivity index is 2.03. The Kier molecular flexibility index (Phi) is 3.39. The first-order valence-electron chi connectivity index (χ1n) is 6.71. The van der Waals surface area contributed by atoms with Gasteiger partial charge in [-0.3, -0.25) is 14.5 Å². The van der Waals surface area contributed by atoms with Crippen molar-refractivity contribution in [1.82, 2.24) is 0 Å². The molecule has 1 fully saturated rings. The van der Waals surface area contributed by atoms with Crippen molar-refractivity contribution in [3.05, 3.63) is 65.7 Å². The number of amides is 1. The molecule has 0 saturated carbocycles. The van der Waals surface area contributed by atoms with Gasteiger partial charge in [-0.1, -0.05) is 42.5 Å². The van der Waals surface area contributed by atoms with Crippen molar-refractivity contribution in [3.63, 3.8) is 0 Å². The van der Waals surface area contributed by atoms with Gasteiger partial charge in [-0.25, -0.2) is 0 Å². The number of carbonyl (C=O) groups excluding carboxylic acids is 2. The number of hydrogen-bond donors (Lipinski definition) is 2. The molecule has 0 aliphatic carbocycles. The molecule has 1 saturated heterocycles. The summed E-state index contributed by atoms with van der Waals surface area (Å²) in [5.74, 6) is -1.83. The molecule has 2 N–H and O–H groups in total. The van der Waals surface area contributed by atoms with E-state index in [-0.39, 0.29) is 29.3 Å². The highest BCUT2D eigenvalue weighted by atomic mass is 16.3. The third-order valence-electron chi connectivity index (χ3n) is 3.54. The number of rotatable bonds is 2. The second-order valence-electron chi connectivity index (χ2n) is 4.90. The number of Topliss-reactive ketones (excluding diaryl/α,β-unsaturated/α-hetero) is 1. The Morgan fingerprint density at radius 2 is 1.59 bits per heavy atom. The third-order valence-corrected chi connectivity index (χ3v) is 3.54. The number of anilines is 1. The number of aromatic hydroxyl groups is 1. The van der Waals surface area contributed by atoms with Gasteiger partial charge in [0.25, 0.3) is 11.7 Å². The van der Waals surface area contributed by atoms with E-state index >= 15 is 0 Å². The first-order chi connectivity index (χ1) is 10.6. The number of carbonyl (C=O) groups is 2. The van der Waals surface area contributed by atoms with E-state index in [1.54, 1.807) is 48.5 Å². The molecule has 1 aliphatic rings. The number of benzene rings is 2. The number of para-hydroxylation sites is 2. The fourth-order valence-corrected chi connectivity index (χ4v) is 2.39. The first-order valence-corrected chi connectivity index (χ1v) is 6.71. The van der Waals surface area contributed by atoms with Crippen molar-refractivity contribution in [2.45, 2.75) is 0 Å². The van der Waals surface area contributed by atoms with E-state index in [1.165, 1.54) is 6.07 Å². The van der Waals surface area contributed by atoms with Crippen LogP contribution < -0.4 is 4.90 Å². The van der Waals surface area contributed by atoms with Crippen LogP contribution in [0.3, 0.4) is 0 Å². The molecule has 0 aromatic heterocycles. The monoisotopic (exact) mass is 295 g/mol. The van der Waals surface area contributed by atoms with Gasteiger partial charge >= 0.3 is 0 Å². The van der Waals surface area contributed by atoms with Crippen LogP contribution in [0, 0.1) is 0 Å². The van der Waals surface area contributed by atoms with E-state index in [9.17, 15) is 19.8 Å². The fourth-order valence-electron chi connectivity index (χ4n) is 2.39. The van der Waals surface area contributed by atoms with Crippen molar-refractivity contribution in [1.29, 1.82) is 0 Å². The number of phenolic OH excluding ortho intramolecular Hbond substituents is 1. The number of aliphatic hydroxyl groups excluding tert-OH is 1. The van der Waals surface area contributed by atoms with Crippen LogP contribution in [-0.4, -0.2) is 28.4 Å². The number of hydrogen-bond acceptors (Lipinski definition) is 4. The number of phenols is 1. The SMILES string of the molecule is O=C1C(=O)N(c2ccccc2O)CC1=C(O)c1ccccc1. The van der Waals surface area contributed by atoms with Crippen LogP contribution in [0.15, 0.2) is 60.2 Å². The highest BCUT2D eigenvalue weighted by Crippen LogP contribution is 2.32. The smallest absolute Gasteiger partial charge is 0.299 e. The lowest BCUT2D eigenvalue weighted by Gasteiger charge is -2.15. The molecule has 2 aromatic carbocycles. The molecular formula is C17H13NO4. The molecule has 2 aromatic rings. The summed E-state index contributed by atoms with van der Waals surface area (Å²) in [7, 11) is 0. The van der Waals surface area contributed by atoms with Crippen molar-refractivity contribution in [2.75, 3.05) is 11.4 Å². The Labute approximate surface area is 126 Å². The van der Waals surface area contributed by atoms with E-state index in [0.29, 0.717) is 5.56 Å². The molecule has 22 heavy (non-hydrogen) atoms. The minimum Gasteiger partial charge on any atom is -0.507 e. The highest BCUT2D eigenvalue weighted by Gasteiger charge is 2.38. The van der Waals surface area contributed by atoms with Crippen molar-refractivity contribution < 1.29 is 19.8 Å². The fraction of sp³-hybridized carbons (Fsp3) is 0.0588. The Morgan fingerprint density at radius 3 is 2.27 bits per heavy atom. The van der Waals surface area contributed by atoms with Gasteiger partial charge in [-0.2, -0.15) is 0 Å². The van der Waals surface area contributed by atoms with Gasteiger partial charge in [0.05, 0.1) is 17.8 Å². The van der Waals surface area contributed by atoms with E-state index in [0.717, 1.165) is 4.90 Å². The lowest BCUT2D eigenvalue weighted by atomic mass is 10.1. The summed E-state index contributed by atoms with van der Waals surface area (Å²) in [5.41, 5.74) is 0.744. The maximum absolute atomic E-state index is 12.1. The van der Waals surface area contributed by atoms with Crippen LogP contribution in [0.4, 0.5) is 5.69 Å². The molecule has 1 aliphatic heterocycles. The quantitative estimate of drug-likeness (QED) is 0.506. The minimum absolute atomic E-state index is 0.0273. The zero-order chi connectivity index (χ0) is 15.7.